The van der Waals surface area contributed by atoms with Crippen molar-refractivity contribution in [2.24, 2.45) is 0 Å². The highest BCUT2D eigenvalue weighted by Gasteiger charge is 2.34. The van der Waals surface area contributed by atoms with Crippen LogP contribution in [0.1, 0.15) is 5.56 Å². The quantitative estimate of drug-likeness (QED) is 0.489. The number of hydrogen-bond acceptors (Lipinski definition) is 6. The molecule has 27 heavy (non-hydrogen) atoms. The number of aromatic nitrogens is 3. The van der Waals surface area contributed by atoms with E-state index in [-0.39, 0.29) is 10.7 Å². The number of pyridine rings is 1. The first kappa shape index (κ1) is 18.9. The minimum absolute atomic E-state index is 0.144. The van der Waals surface area contributed by atoms with E-state index in [0.29, 0.717) is 10.7 Å². The van der Waals surface area contributed by atoms with Gasteiger partial charge in [-0.2, -0.15) is 13.2 Å². The van der Waals surface area contributed by atoms with E-state index < -0.39 is 17.1 Å². The molecule has 2 heterocycles. The second-order valence-electron chi connectivity index (χ2n) is 5.13. The highest BCUT2D eigenvalue weighted by atomic mass is 32.1. The molecule has 0 radical (unpaired) electrons. The maximum atomic E-state index is 12.6. The van der Waals surface area contributed by atoms with Gasteiger partial charge < -0.3 is 5.32 Å². The number of nitrogens with zero attached hydrogens (tertiary/aromatic N) is 3. The van der Waals surface area contributed by atoms with Crippen LogP contribution < -0.4 is 10.6 Å². The molecular weight excluding hydrogens is 399 g/mol. The standard InChI is InChI=1S/C16H10F3N5OS2/c17-16(18,19)12(26)9-1-3-11(4-2-9)21-14(25)22-15-24-23-13(27-15)10-5-7-20-8-6-10/h1-8H,(H2,21,22,24,25). The van der Waals surface area contributed by atoms with E-state index in [4.69, 9.17) is 0 Å². The minimum atomic E-state index is -4.58. The number of benzene rings is 1. The number of amides is 2. The fraction of sp³-hybridized carbons (Fsp3) is 0.0625. The number of halogens is 3. The summed E-state index contributed by atoms with van der Waals surface area (Å²) in [6.45, 7) is 0. The second-order valence-corrected chi connectivity index (χ2v) is 6.52. The topological polar surface area (TPSA) is 79.8 Å². The third kappa shape index (κ3) is 4.83. The minimum Gasteiger partial charge on any atom is -0.308 e. The summed E-state index contributed by atoms with van der Waals surface area (Å²) in [4.78, 5) is 14.8. The first-order chi connectivity index (χ1) is 12.8. The summed E-state index contributed by atoms with van der Waals surface area (Å²) in [5.41, 5.74) is 0.974. The Labute approximate surface area is 160 Å². The molecule has 3 rings (SSSR count). The van der Waals surface area contributed by atoms with Gasteiger partial charge in [-0.1, -0.05) is 35.7 Å². The molecule has 0 aliphatic heterocycles. The Kier molecular flexibility index (Phi) is 5.42. The number of urea groups is 1. The number of alkyl halides is 3. The Bertz CT molecular complexity index is 958. The van der Waals surface area contributed by atoms with Gasteiger partial charge in [0, 0.05) is 23.6 Å². The van der Waals surface area contributed by atoms with Crippen LogP contribution in [0.2, 0.25) is 0 Å². The molecular formula is C16H10F3N5OS2. The fourth-order valence-electron chi connectivity index (χ4n) is 2.01. The first-order valence-corrected chi connectivity index (χ1v) is 8.59. The van der Waals surface area contributed by atoms with E-state index in [1.54, 1.807) is 24.5 Å². The Hall–Kier alpha value is -2.92. The maximum absolute atomic E-state index is 12.6. The van der Waals surface area contributed by atoms with Crippen molar-refractivity contribution in [1.82, 2.24) is 15.2 Å². The summed E-state index contributed by atoms with van der Waals surface area (Å²) in [6.07, 6.45) is -1.35. The van der Waals surface area contributed by atoms with Crippen LogP contribution in [0.4, 0.5) is 28.8 Å². The zero-order valence-electron chi connectivity index (χ0n) is 13.3. The largest absolute Gasteiger partial charge is 0.426 e. The highest BCUT2D eigenvalue weighted by Crippen LogP contribution is 2.26. The van der Waals surface area contributed by atoms with Crippen molar-refractivity contribution in [2.45, 2.75) is 6.18 Å². The highest BCUT2D eigenvalue weighted by molar-refractivity contribution is 7.81. The fourth-order valence-corrected chi connectivity index (χ4v) is 2.89. The van der Waals surface area contributed by atoms with Crippen LogP contribution in [0.25, 0.3) is 10.6 Å². The molecule has 6 nitrogen and oxygen atoms in total. The molecule has 0 unspecified atom stereocenters. The summed E-state index contributed by atoms with van der Waals surface area (Å²) in [6, 6.07) is 7.97. The van der Waals surface area contributed by atoms with E-state index in [1.807, 2.05) is 0 Å². The summed E-state index contributed by atoms with van der Waals surface area (Å²) in [5, 5.41) is 13.7. The smallest absolute Gasteiger partial charge is 0.308 e. The van der Waals surface area contributed by atoms with Crippen LogP contribution in [0.3, 0.4) is 0 Å². The average molecular weight is 409 g/mol. The molecule has 0 saturated carbocycles. The second kappa shape index (κ2) is 7.76. The number of thiocarbonyl (C=S) groups is 1. The Morgan fingerprint density at radius 3 is 2.30 bits per heavy atom. The van der Waals surface area contributed by atoms with Gasteiger partial charge in [0.1, 0.15) is 9.87 Å². The maximum Gasteiger partial charge on any atom is 0.426 e. The summed E-state index contributed by atoms with van der Waals surface area (Å²) in [5.74, 6) is 0. The van der Waals surface area contributed by atoms with Crippen LogP contribution in [0, 0.1) is 0 Å². The molecule has 0 aliphatic carbocycles. The van der Waals surface area contributed by atoms with Gasteiger partial charge in [0.25, 0.3) is 0 Å². The Morgan fingerprint density at radius 2 is 1.67 bits per heavy atom. The molecule has 0 saturated heterocycles. The summed E-state index contributed by atoms with van der Waals surface area (Å²) >= 11 is 5.55. The van der Waals surface area contributed by atoms with Crippen LogP contribution in [-0.4, -0.2) is 32.3 Å². The third-order valence-corrected chi connectivity index (χ3v) is 4.59. The zero-order valence-corrected chi connectivity index (χ0v) is 15.0. The van der Waals surface area contributed by atoms with Crippen molar-refractivity contribution in [3.63, 3.8) is 0 Å². The number of anilines is 2. The monoisotopic (exact) mass is 409 g/mol. The van der Waals surface area contributed by atoms with Crippen LogP contribution in [-0.2, 0) is 0 Å². The van der Waals surface area contributed by atoms with E-state index >= 15 is 0 Å². The van der Waals surface area contributed by atoms with Crippen molar-refractivity contribution in [1.29, 1.82) is 0 Å². The Morgan fingerprint density at radius 1 is 1.00 bits per heavy atom. The predicted molar refractivity (Wildman–Crippen MR) is 100.0 cm³/mol. The number of rotatable bonds is 4. The molecule has 2 N–H and O–H groups in total. The van der Waals surface area contributed by atoms with Gasteiger partial charge >= 0.3 is 12.2 Å². The number of carbonyl (C=O) groups is 1. The van der Waals surface area contributed by atoms with E-state index in [1.165, 1.54) is 35.6 Å². The van der Waals surface area contributed by atoms with Crippen LogP contribution in [0.5, 0.6) is 0 Å². The van der Waals surface area contributed by atoms with Gasteiger partial charge in [0.05, 0.1) is 0 Å². The van der Waals surface area contributed by atoms with E-state index in [9.17, 15) is 18.0 Å². The summed E-state index contributed by atoms with van der Waals surface area (Å²) < 4.78 is 37.7. The number of hydrogen-bond donors (Lipinski definition) is 2. The molecule has 0 atom stereocenters. The average Bonchev–Trinajstić information content (AvgIpc) is 3.10. The number of carbonyl (C=O) groups excluding carboxylic acids is 1. The Balaban J connectivity index is 1.61. The molecule has 11 heteroatoms. The molecule has 0 fully saturated rings. The molecule has 138 valence electrons. The predicted octanol–water partition coefficient (Wildman–Crippen LogP) is 4.52. The van der Waals surface area contributed by atoms with Gasteiger partial charge in [-0.05, 0) is 29.8 Å². The molecule has 1 aromatic carbocycles. The van der Waals surface area contributed by atoms with Crippen molar-refractivity contribution >= 4 is 45.3 Å². The normalized spacial score (nSPS) is 11.1. The third-order valence-electron chi connectivity index (χ3n) is 3.24. The molecule has 0 spiro atoms. The number of nitrogens with one attached hydrogen (secondary N) is 2. The molecule has 2 amide bonds. The van der Waals surface area contributed by atoms with Crippen LogP contribution in [0.15, 0.2) is 48.8 Å². The SMILES string of the molecule is O=C(Nc1ccc(C(=S)C(F)(F)F)cc1)Nc1nnc(-c2ccncc2)s1. The first-order valence-electron chi connectivity index (χ1n) is 7.36. The molecule has 0 aliphatic rings. The molecule has 0 bridgehead atoms. The summed E-state index contributed by atoms with van der Waals surface area (Å²) in [7, 11) is 0. The van der Waals surface area contributed by atoms with Crippen molar-refractivity contribution in [3.05, 3.63) is 54.4 Å². The van der Waals surface area contributed by atoms with Gasteiger partial charge in [-0.3, -0.25) is 10.3 Å². The van der Waals surface area contributed by atoms with Gasteiger partial charge in [0.2, 0.25) is 5.13 Å². The van der Waals surface area contributed by atoms with Crippen LogP contribution >= 0.6 is 23.6 Å². The van der Waals surface area contributed by atoms with E-state index in [2.05, 4.69) is 38.0 Å². The van der Waals surface area contributed by atoms with Crippen molar-refractivity contribution in [2.75, 3.05) is 10.6 Å². The van der Waals surface area contributed by atoms with Crippen molar-refractivity contribution < 1.29 is 18.0 Å². The lowest BCUT2D eigenvalue weighted by Crippen LogP contribution is -2.22. The van der Waals surface area contributed by atoms with Gasteiger partial charge in [0.15, 0.2) is 0 Å². The van der Waals surface area contributed by atoms with Gasteiger partial charge in [-0.25, -0.2) is 4.79 Å². The van der Waals surface area contributed by atoms with Crippen molar-refractivity contribution in [3.8, 4) is 10.6 Å². The van der Waals surface area contributed by atoms with E-state index in [0.717, 1.165) is 5.56 Å². The zero-order chi connectivity index (χ0) is 19.4. The lowest BCUT2D eigenvalue weighted by atomic mass is 10.1. The molecule has 2 aromatic heterocycles. The van der Waals surface area contributed by atoms with Gasteiger partial charge in [-0.15, -0.1) is 10.2 Å². The lowest BCUT2D eigenvalue weighted by molar-refractivity contribution is -0.0556. The lowest BCUT2D eigenvalue weighted by Gasteiger charge is -2.09. The molecule has 3 aromatic rings.